The Morgan fingerprint density at radius 2 is 1.79 bits per heavy atom. The van der Waals surface area contributed by atoms with Gasteiger partial charge in [-0.2, -0.15) is 0 Å². The molecule has 4 aromatic rings. The van der Waals surface area contributed by atoms with Gasteiger partial charge in [0.1, 0.15) is 5.82 Å². The molecule has 1 aliphatic heterocycles. The molecule has 0 amide bonds. The van der Waals surface area contributed by atoms with Crippen LogP contribution in [0.1, 0.15) is 43.5 Å². The molecule has 8 nitrogen and oxygen atoms in total. The van der Waals surface area contributed by atoms with Crippen LogP contribution in [-0.2, 0) is 6.54 Å². The van der Waals surface area contributed by atoms with Crippen LogP contribution in [0.25, 0.3) is 11.0 Å². The zero-order chi connectivity index (χ0) is 26.8. The first-order valence-corrected chi connectivity index (χ1v) is 13.1. The first-order chi connectivity index (χ1) is 18.3. The maximum absolute atomic E-state index is 13.5. The lowest BCUT2D eigenvalue weighted by molar-refractivity contribution is 0.0882. The van der Waals surface area contributed by atoms with Crippen molar-refractivity contribution < 1.29 is 9.18 Å². The summed E-state index contributed by atoms with van der Waals surface area (Å²) < 4.78 is 16.9. The van der Waals surface area contributed by atoms with E-state index < -0.39 is 0 Å². The van der Waals surface area contributed by atoms with Crippen molar-refractivity contribution in [2.45, 2.75) is 45.7 Å². The van der Waals surface area contributed by atoms with Crippen LogP contribution in [0.15, 0.2) is 65.6 Å². The average molecular weight is 517 g/mol. The molecule has 0 unspecified atom stereocenters. The van der Waals surface area contributed by atoms with Gasteiger partial charge in [-0.3, -0.25) is 9.59 Å². The molecule has 38 heavy (non-hydrogen) atoms. The molecule has 5 rings (SSSR count). The molecule has 2 aromatic heterocycles. The lowest BCUT2D eigenvalue weighted by Crippen LogP contribution is -2.46. The molecule has 0 atom stereocenters. The highest BCUT2D eigenvalue weighted by Gasteiger charge is 2.29. The maximum atomic E-state index is 13.5. The van der Waals surface area contributed by atoms with Crippen molar-refractivity contribution in [2.24, 2.45) is 5.92 Å². The second kappa shape index (κ2) is 10.8. The second-order valence-electron chi connectivity index (χ2n) is 10.4. The Balaban J connectivity index is 1.37. The van der Waals surface area contributed by atoms with Crippen LogP contribution >= 0.6 is 0 Å². The van der Waals surface area contributed by atoms with Gasteiger partial charge < -0.3 is 14.4 Å². The van der Waals surface area contributed by atoms with Crippen LogP contribution in [0.2, 0.25) is 0 Å². The number of imidazole rings is 1. The van der Waals surface area contributed by atoms with Crippen LogP contribution in [0.3, 0.4) is 0 Å². The molecule has 0 N–H and O–H groups in total. The topological polar surface area (TPSA) is 76.3 Å². The van der Waals surface area contributed by atoms with Crippen molar-refractivity contribution in [3.63, 3.8) is 0 Å². The zero-order valence-electron chi connectivity index (χ0n) is 22.0. The molecule has 198 valence electrons. The molecule has 0 radical (unpaired) electrons. The molecule has 1 saturated heterocycles. The Morgan fingerprint density at radius 3 is 2.50 bits per heavy atom. The van der Waals surface area contributed by atoms with Gasteiger partial charge in [0, 0.05) is 44.9 Å². The molecule has 1 aliphatic rings. The summed E-state index contributed by atoms with van der Waals surface area (Å²) in [5, 5.41) is 0. The van der Waals surface area contributed by atoms with Gasteiger partial charge in [-0.05, 0) is 48.6 Å². The van der Waals surface area contributed by atoms with Crippen molar-refractivity contribution in [1.82, 2.24) is 19.1 Å². The lowest BCUT2D eigenvalue weighted by atomic mass is 10.0. The van der Waals surface area contributed by atoms with E-state index in [1.54, 1.807) is 0 Å². The van der Waals surface area contributed by atoms with Crippen molar-refractivity contribution in [3.8, 4) is 0 Å². The van der Waals surface area contributed by atoms with Crippen LogP contribution in [0.4, 0.5) is 16.3 Å². The number of fused-ring (bicyclic) bond motifs is 1. The third-order valence-corrected chi connectivity index (χ3v) is 7.16. The Hall–Kier alpha value is -4.01. The summed E-state index contributed by atoms with van der Waals surface area (Å²) in [6.45, 7) is 6.04. The highest BCUT2D eigenvalue weighted by Crippen LogP contribution is 2.28. The van der Waals surface area contributed by atoms with Gasteiger partial charge in [-0.15, -0.1) is 0 Å². The van der Waals surface area contributed by atoms with E-state index in [9.17, 15) is 14.0 Å². The smallest absolute Gasteiger partial charge is 0.261 e. The Labute approximate surface area is 221 Å². The molecule has 0 spiro atoms. The maximum Gasteiger partial charge on any atom is 0.261 e. The normalized spacial score (nSPS) is 14.4. The van der Waals surface area contributed by atoms with Gasteiger partial charge in [0.05, 0.1) is 17.6 Å². The number of carbonyl (C=O) groups excluding carboxylic acids is 1. The number of rotatable bonds is 7. The van der Waals surface area contributed by atoms with Crippen LogP contribution in [0, 0.1) is 11.7 Å². The number of hydrogen-bond acceptors (Lipinski definition) is 6. The monoisotopic (exact) mass is 516 g/mol. The van der Waals surface area contributed by atoms with Crippen LogP contribution in [0.5, 0.6) is 0 Å². The number of piperidine rings is 1. The molecule has 3 heterocycles. The SMILES string of the molecule is CC(C)CC(=O)n1c(N(C)C2CCN(c3nc4ccccc4n3Cc3ccc(F)cc3)CC2)nccc1=O. The van der Waals surface area contributed by atoms with E-state index in [0.29, 0.717) is 12.5 Å². The number of carbonyl (C=O) groups is 1. The van der Waals surface area contributed by atoms with Crippen molar-refractivity contribution >= 4 is 28.8 Å². The predicted molar refractivity (Wildman–Crippen MR) is 147 cm³/mol. The van der Waals surface area contributed by atoms with E-state index in [1.807, 2.05) is 56.1 Å². The number of benzene rings is 2. The molecule has 0 aliphatic carbocycles. The number of halogens is 1. The van der Waals surface area contributed by atoms with Gasteiger partial charge in [0.25, 0.3) is 5.56 Å². The van der Waals surface area contributed by atoms with Gasteiger partial charge in [0.15, 0.2) is 0 Å². The Kier molecular flexibility index (Phi) is 7.26. The fourth-order valence-electron chi connectivity index (χ4n) is 5.17. The van der Waals surface area contributed by atoms with E-state index in [2.05, 4.69) is 20.5 Å². The third kappa shape index (κ3) is 5.18. The van der Waals surface area contributed by atoms with E-state index >= 15 is 0 Å². The van der Waals surface area contributed by atoms with Crippen molar-refractivity contribution in [3.05, 3.63) is 82.5 Å². The first-order valence-electron chi connectivity index (χ1n) is 13.1. The summed E-state index contributed by atoms with van der Waals surface area (Å²) in [5.41, 5.74) is 2.61. The minimum atomic E-state index is -0.348. The number of anilines is 2. The van der Waals surface area contributed by atoms with Gasteiger partial charge in [-0.25, -0.2) is 18.9 Å². The summed E-state index contributed by atoms with van der Waals surface area (Å²) in [5.74, 6) is 0.945. The number of hydrogen-bond donors (Lipinski definition) is 0. The van der Waals surface area contributed by atoms with Crippen LogP contribution in [-0.4, -0.2) is 51.2 Å². The second-order valence-corrected chi connectivity index (χ2v) is 10.4. The number of nitrogens with zero attached hydrogens (tertiary/aromatic N) is 6. The van der Waals surface area contributed by atoms with E-state index in [-0.39, 0.29) is 35.7 Å². The molecular formula is C29H33FN6O2. The summed E-state index contributed by atoms with van der Waals surface area (Å²) in [6.07, 6.45) is 3.40. The minimum absolute atomic E-state index is 0.119. The summed E-state index contributed by atoms with van der Waals surface area (Å²) >= 11 is 0. The summed E-state index contributed by atoms with van der Waals surface area (Å²) in [7, 11) is 1.91. The van der Waals surface area contributed by atoms with Gasteiger partial charge in [-0.1, -0.05) is 38.1 Å². The van der Waals surface area contributed by atoms with Gasteiger partial charge >= 0.3 is 0 Å². The van der Waals surface area contributed by atoms with Gasteiger partial charge in [0.2, 0.25) is 17.8 Å². The van der Waals surface area contributed by atoms with E-state index in [0.717, 1.165) is 48.5 Å². The first kappa shape index (κ1) is 25.6. The molecule has 0 saturated carbocycles. The summed E-state index contributed by atoms with van der Waals surface area (Å²) in [6, 6.07) is 16.1. The third-order valence-electron chi connectivity index (χ3n) is 7.16. The van der Waals surface area contributed by atoms with E-state index in [4.69, 9.17) is 4.98 Å². The largest absolute Gasteiger partial charge is 0.342 e. The quantitative estimate of drug-likeness (QED) is 0.358. The average Bonchev–Trinajstić information content (AvgIpc) is 3.27. The highest BCUT2D eigenvalue weighted by molar-refractivity contribution is 5.82. The molecule has 9 heteroatoms. The Bertz CT molecular complexity index is 1490. The van der Waals surface area contributed by atoms with Crippen molar-refractivity contribution in [1.29, 1.82) is 0 Å². The van der Waals surface area contributed by atoms with Crippen LogP contribution < -0.4 is 15.4 Å². The fourth-order valence-corrected chi connectivity index (χ4v) is 5.17. The molecular weight excluding hydrogens is 483 g/mol. The number of aromatic nitrogens is 4. The molecule has 0 bridgehead atoms. The fraction of sp³-hybridized carbons (Fsp3) is 0.379. The van der Waals surface area contributed by atoms with E-state index in [1.165, 1.54) is 29.0 Å². The minimum Gasteiger partial charge on any atom is -0.342 e. The molecule has 2 aromatic carbocycles. The highest BCUT2D eigenvalue weighted by atomic mass is 19.1. The Morgan fingerprint density at radius 1 is 1.08 bits per heavy atom. The molecule has 1 fully saturated rings. The lowest BCUT2D eigenvalue weighted by Gasteiger charge is -2.38. The number of para-hydroxylation sites is 2. The standard InChI is InChI=1S/C29H33FN6O2/c1-20(2)18-27(38)36-26(37)12-15-31-28(36)33(3)23-13-16-34(17-14-23)29-32-24-6-4-5-7-25(24)35(29)19-21-8-10-22(30)11-9-21/h4-12,15,20,23H,13-14,16-19H2,1-3H3. The zero-order valence-corrected chi connectivity index (χ0v) is 22.0. The predicted octanol–water partition coefficient (Wildman–Crippen LogP) is 4.57. The van der Waals surface area contributed by atoms with Crippen molar-refractivity contribution in [2.75, 3.05) is 29.9 Å². The summed E-state index contributed by atoms with van der Waals surface area (Å²) in [4.78, 5) is 39.1.